The lowest BCUT2D eigenvalue weighted by Crippen LogP contribution is -2.29. The van der Waals surface area contributed by atoms with Crippen LogP contribution in [-0.2, 0) is 0 Å². The van der Waals surface area contributed by atoms with Gasteiger partial charge in [0.1, 0.15) is 22.6 Å². The molecule has 1 heterocycles. The summed E-state index contributed by atoms with van der Waals surface area (Å²) in [6.45, 7) is -0.265. The van der Waals surface area contributed by atoms with Gasteiger partial charge in [-0.25, -0.2) is 13.8 Å². The van der Waals surface area contributed by atoms with Crippen LogP contribution in [0, 0.1) is 11.6 Å². The third-order valence-electron chi connectivity index (χ3n) is 3.55. The largest absolute Gasteiger partial charge is 0.386 e. The molecule has 0 aliphatic heterocycles. The zero-order valence-corrected chi connectivity index (χ0v) is 12.4. The van der Waals surface area contributed by atoms with Crippen molar-refractivity contribution < 1.29 is 18.7 Å². The van der Waals surface area contributed by atoms with E-state index in [4.69, 9.17) is 0 Å². The zero-order chi connectivity index (χ0) is 15.7. The summed E-state index contributed by atoms with van der Waals surface area (Å²) in [7, 11) is 0. The van der Waals surface area contributed by atoms with Crippen molar-refractivity contribution in [2.45, 2.75) is 24.9 Å². The van der Waals surface area contributed by atoms with E-state index in [1.807, 2.05) is 0 Å². The van der Waals surface area contributed by atoms with Crippen LogP contribution in [0.4, 0.5) is 8.78 Å². The summed E-state index contributed by atoms with van der Waals surface area (Å²) >= 11 is 1.23. The molecule has 0 saturated heterocycles. The lowest BCUT2D eigenvalue weighted by molar-refractivity contribution is 0.0914. The van der Waals surface area contributed by atoms with Gasteiger partial charge in [-0.1, -0.05) is 6.07 Å². The van der Waals surface area contributed by atoms with Gasteiger partial charge < -0.3 is 10.4 Å². The first-order chi connectivity index (χ1) is 10.6. The number of hydrogen-bond donors (Lipinski definition) is 2. The maximum absolute atomic E-state index is 13.6. The summed E-state index contributed by atoms with van der Waals surface area (Å²) < 4.78 is 27.1. The Balaban J connectivity index is 1.67. The van der Waals surface area contributed by atoms with Crippen LogP contribution in [0.2, 0.25) is 0 Å². The SMILES string of the molecule is O=C(NCC(O)c1c(F)cccc1F)c1scnc1C1CC1. The molecule has 0 radical (unpaired) electrons. The average Bonchev–Trinajstić information content (AvgIpc) is 3.21. The van der Waals surface area contributed by atoms with Crippen molar-refractivity contribution in [3.63, 3.8) is 0 Å². The van der Waals surface area contributed by atoms with Crippen molar-refractivity contribution in [1.29, 1.82) is 0 Å². The fraction of sp³-hybridized carbons (Fsp3) is 0.333. The highest BCUT2D eigenvalue weighted by molar-refractivity contribution is 7.11. The molecule has 4 nitrogen and oxygen atoms in total. The first-order valence-electron chi connectivity index (χ1n) is 6.91. The van der Waals surface area contributed by atoms with E-state index in [9.17, 15) is 18.7 Å². The Morgan fingerprint density at radius 2 is 2.09 bits per heavy atom. The molecule has 7 heteroatoms. The molecule has 1 saturated carbocycles. The molecule has 1 aromatic heterocycles. The molecule has 116 valence electrons. The van der Waals surface area contributed by atoms with E-state index in [0.29, 0.717) is 10.8 Å². The van der Waals surface area contributed by atoms with Crippen molar-refractivity contribution in [1.82, 2.24) is 10.3 Å². The Morgan fingerprint density at radius 1 is 1.41 bits per heavy atom. The van der Waals surface area contributed by atoms with Crippen molar-refractivity contribution in [2.75, 3.05) is 6.54 Å². The molecule has 2 N–H and O–H groups in total. The van der Waals surface area contributed by atoms with E-state index in [2.05, 4.69) is 10.3 Å². The Labute approximate surface area is 129 Å². The quantitative estimate of drug-likeness (QED) is 0.889. The fourth-order valence-electron chi connectivity index (χ4n) is 2.27. The number of nitrogens with one attached hydrogen (secondary N) is 1. The topological polar surface area (TPSA) is 62.2 Å². The zero-order valence-electron chi connectivity index (χ0n) is 11.6. The van der Waals surface area contributed by atoms with Crippen molar-refractivity contribution in [2.24, 2.45) is 0 Å². The lowest BCUT2D eigenvalue weighted by Gasteiger charge is -2.13. The van der Waals surface area contributed by atoms with Crippen molar-refractivity contribution >= 4 is 17.2 Å². The normalized spacial score (nSPS) is 15.6. The number of nitrogens with zero attached hydrogens (tertiary/aromatic N) is 1. The van der Waals surface area contributed by atoms with Gasteiger partial charge in [0, 0.05) is 12.5 Å². The number of carbonyl (C=O) groups excluding carboxylic acids is 1. The lowest BCUT2D eigenvalue weighted by atomic mass is 10.1. The predicted octanol–water partition coefficient (Wildman–Crippen LogP) is 2.76. The summed E-state index contributed by atoms with van der Waals surface area (Å²) in [6, 6.07) is 3.36. The molecular weight excluding hydrogens is 310 g/mol. The van der Waals surface area contributed by atoms with E-state index >= 15 is 0 Å². The minimum atomic E-state index is -1.44. The molecular formula is C15H14F2N2O2S. The Morgan fingerprint density at radius 3 is 2.73 bits per heavy atom. The maximum Gasteiger partial charge on any atom is 0.263 e. The van der Waals surface area contributed by atoms with Crippen LogP contribution >= 0.6 is 11.3 Å². The van der Waals surface area contributed by atoms with Crippen molar-refractivity contribution in [3.8, 4) is 0 Å². The van der Waals surface area contributed by atoms with Gasteiger partial charge in [-0.3, -0.25) is 4.79 Å². The number of halogens is 2. The van der Waals surface area contributed by atoms with Crippen LogP contribution in [-0.4, -0.2) is 22.5 Å². The van der Waals surface area contributed by atoms with Crippen LogP contribution in [0.5, 0.6) is 0 Å². The van der Waals surface area contributed by atoms with Gasteiger partial charge in [0.05, 0.1) is 16.8 Å². The van der Waals surface area contributed by atoms with Crippen molar-refractivity contribution in [3.05, 3.63) is 51.5 Å². The number of aliphatic hydroxyl groups excluding tert-OH is 1. The first kappa shape index (κ1) is 15.1. The maximum atomic E-state index is 13.6. The molecule has 0 bridgehead atoms. The van der Waals surface area contributed by atoms with Crippen LogP contribution in [0.25, 0.3) is 0 Å². The third kappa shape index (κ3) is 3.00. The van der Waals surface area contributed by atoms with E-state index in [-0.39, 0.29) is 12.5 Å². The molecule has 2 aromatic rings. The standard InChI is InChI=1S/C15H14F2N2O2S/c16-9-2-1-3-10(17)12(9)11(20)6-18-15(21)14-13(8-4-5-8)19-7-22-14/h1-3,7-8,11,20H,4-6H2,(H,18,21). The minimum Gasteiger partial charge on any atom is -0.386 e. The number of aromatic nitrogens is 1. The number of thiazole rings is 1. The molecule has 1 fully saturated rings. The van der Waals surface area contributed by atoms with Crippen LogP contribution in [0.15, 0.2) is 23.7 Å². The van der Waals surface area contributed by atoms with Gasteiger partial charge in [-0.2, -0.15) is 0 Å². The van der Waals surface area contributed by atoms with E-state index < -0.39 is 23.3 Å². The third-order valence-corrected chi connectivity index (χ3v) is 4.40. The van der Waals surface area contributed by atoms with E-state index in [1.165, 1.54) is 17.4 Å². The van der Waals surface area contributed by atoms with Gasteiger partial charge in [0.25, 0.3) is 5.91 Å². The van der Waals surface area contributed by atoms with Gasteiger partial charge in [0.2, 0.25) is 0 Å². The number of amides is 1. The van der Waals surface area contributed by atoms with Crippen LogP contribution < -0.4 is 5.32 Å². The number of rotatable bonds is 5. The first-order valence-corrected chi connectivity index (χ1v) is 7.79. The molecule has 1 atom stereocenters. The highest BCUT2D eigenvalue weighted by Crippen LogP contribution is 2.41. The monoisotopic (exact) mass is 324 g/mol. The molecule has 1 unspecified atom stereocenters. The Bertz CT molecular complexity index is 680. The van der Waals surface area contributed by atoms with Gasteiger partial charge in [-0.05, 0) is 25.0 Å². The second kappa shape index (κ2) is 6.10. The average molecular weight is 324 g/mol. The second-order valence-electron chi connectivity index (χ2n) is 5.20. The summed E-state index contributed by atoms with van der Waals surface area (Å²) in [4.78, 5) is 16.8. The number of hydrogen-bond acceptors (Lipinski definition) is 4. The smallest absolute Gasteiger partial charge is 0.263 e. The summed E-state index contributed by atoms with van der Waals surface area (Å²) in [5.74, 6) is -1.71. The number of carbonyl (C=O) groups is 1. The number of benzene rings is 1. The summed E-state index contributed by atoms with van der Waals surface area (Å²) in [5.41, 5.74) is 1.94. The van der Waals surface area contributed by atoms with Gasteiger partial charge in [-0.15, -0.1) is 11.3 Å². The van der Waals surface area contributed by atoms with E-state index in [0.717, 1.165) is 30.7 Å². The van der Waals surface area contributed by atoms with E-state index in [1.54, 1.807) is 5.51 Å². The molecule has 1 aliphatic rings. The molecule has 22 heavy (non-hydrogen) atoms. The fourth-order valence-corrected chi connectivity index (χ4v) is 3.06. The van der Waals surface area contributed by atoms with Crippen LogP contribution in [0.3, 0.4) is 0 Å². The molecule has 0 spiro atoms. The second-order valence-corrected chi connectivity index (χ2v) is 6.06. The number of aliphatic hydroxyl groups is 1. The molecule has 1 aliphatic carbocycles. The summed E-state index contributed by atoms with van der Waals surface area (Å²) in [5, 5.41) is 12.4. The molecule has 3 rings (SSSR count). The minimum absolute atomic E-state index is 0.265. The Kier molecular flexibility index (Phi) is 4.17. The van der Waals surface area contributed by atoms with Crippen LogP contribution in [0.1, 0.15) is 45.8 Å². The highest BCUT2D eigenvalue weighted by Gasteiger charge is 2.30. The van der Waals surface area contributed by atoms with Gasteiger partial charge in [0.15, 0.2) is 0 Å². The molecule has 1 amide bonds. The highest BCUT2D eigenvalue weighted by atomic mass is 32.1. The predicted molar refractivity (Wildman–Crippen MR) is 77.7 cm³/mol. The Hall–Kier alpha value is -1.86. The molecule has 1 aromatic carbocycles. The summed E-state index contributed by atoms with van der Waals surface area (Å²) in [6.07, 6.45) is 0.600. The van der Waals surface area contributed by atoms with Gasteiger partial charge >= 0.3 is 0 Å².